The van der Waals surface area contributed by atoms with Crippen molar-refractivity contribution in [1.82, 2.24) is 10.6 Å². The number of carbonyl (C=O) groups excluding carboxylic acids is 3. The molecule has 8 heteroatoms. The number of nitrogens with two attached hydrogens (primary N) is 1. The van der Waals surface area contributed by atoms with Crippen LogP contribution in [-0.4, -0.2) is 47.3 Å². The first-order chi connectivity index (χ1) is 11.6. The summed E-state index contributed by atoms with van der Waals surface area (Å²) >= 11 is 0. The van der Waals surface area contributed by atoms with Gasteiger partial charge in [0, 0.05) is 6.42 Å². The summed E-state index contributed by atoms with van der Waals surface area (Å²) in [6.45, 7) is 7.69. The van der Waals surface area contributed by atoms with E-state index in [1.54, 1.807) is 0 Å². The zero-order valence-corrected chi connectivity index (χ0v) is 15.5. The van der Waals surface area contributed by atoms with Gasteiger partial charge in [0.05, 0.1) is 12.1 Å². The van der Waals surface area contributed by atoms with Gasteiger partial charge in [-0.15, -0.1) is 0 Å². The number of rotatable bonds is 12. The van der Waals surface area contributed by atoms with Crippen LogP contribution >= 0.6 is 0 Å². The monoisotopic (exact) mass is 357 g/mol. The summed E-state index contributed by atoms with van der Waals surface area (Å²) in [5, 5.41) is 13.9. The molecular weight excluding hydrogens is 326 g/mol. The van der Waals surface area contributed by atoms with Crippen LogP contribution in [0.3, 0.4) is 0 Å². The van der Waals surface area contributed by atoms with Crippen molar-refractivity contribution in [2.45, 2.75) is 71.5 Å². The Balaban J connectivity index is 4.86. The van der Waals surface area contributed by atoms with Gasteiger partial charge in [0.2, 0.25) is 11.8 Å². The fourth-order valence-corrected chi connectivity index (χ4v) is 2.33. The molecule has 0 radical (unpaired) electrons. The number of hydrogen-bond donors (Lipinski definition) is 4. The summed E-state index contributed by atoms with van der Waals surface area (Å²) in [5.74, 6) is -1.69. The summed E-state index contributed by atoms with van der Waals surface area (Å²) in [6.07, 6.45) is 1.34. The van der Waals surface area contributed by atoms with Crippen LogP contribution in [0.5, 0.6) is 0 Å². The Morgan fingerprint density at radius 3 is 2.00 bits per heavy atom. The smallest absolute Gasteiger partial charge is 0.303 e. The quantitative estimate of drug-likeness (QED) is 0.374. The number of carbonyl (C=O) groups is 4. The number of carboxylic acids is 1. The fraction of sp³-hybridized carbons (Fsp3) is 0.765. The van der Waals surface area contributed by atoms with Crippen molar-refractivity contribution in [3.63, 3.8) is 0 Å². The Labute approximate surface area is 148 Å². The number of aliphatic carboxylic acids is 1. The van der Waals surface area contributed by atoms with Gasteiger partial charge in [-0.2, -0.15) is 0 Å². The van der Waals surface area contributed by atoms with Gasteiger partial charge in [0.25, 0.3) is 0 Å². The summed E-state index contributed by atoms with van der Waals surface area (Å²) in [5.41, 5.74) is 5.67. The first kappa shape index (κ1) is 23.0. The number of carboxylic acid groups (broad SMARTS) is 1. The maximum atomic E-state index is 12.4. The molecule has 3 atom stereocenters. The molecule has 0 rings (SSSR count). The van der Waals surface area contributed by atoms with Crippen LogP contribution in [0.25, 0.3) is 0 Å². The maximum absolute atomic E-state index is 12.4. The highest BCUT2D eigenvalue weighted by atomic mass is 16.4. The second-order valence-corrected chi connectivity index (χ2v) is 7.11. The Morgan fingerprint density at radius 1 is 1.00 bits per heavy atom. The van der Waals surface area contributed by atoms with E-state index in [0.717, 1.165) is 0 Å². The number of amides is 2. The Bertz CT molecular complexity index is 465. The molecule has 0 aliphatic rings. The molecule has 8 nitrogen and oxygen atoms in total. The maximum Gasteiger partial charge on any atom is 0.303 e. The molecule has 0 aliphatic heterocycles. The SMILES string of the molecule is CC(C)C[C@@H](C=O)NC(=O)[C@H](CC(C)C)NC(=O)[C@@H](N)CCC(=O)O. The van der Waals surface area contributed by atoms with Crippen molar-refractivity contribution in [2.75, 3.05) is 0 Å². The van der Waals surface area contributed by atoms with Crippen molar-refractivity contribution in [1.29, 1.82) is 0 Å². The number of aldehydes is 1. The summed E-state index contributed by atoms with van der Waals surface area (Å²) in [7, 11) is 0. The van der Waals surface area contributed by atoms with Crippen LogP contribution in [-0.2, 0) is 19.2 Å². The van der Waals surface area contributed by atoms with Crippen molar-refractivity contribution in [3.8, 4) is 0 Å². The lowest BCUT2D eigenvalue weighted by Gasteiger charge is -2.24. The molecule has 0 fully saturated rings. The molecular formula is C17H31N3O5. The third-order valence-electron chi connectivity index (χ3n) is 3.56. The van der Waals surface area contributed by atoms with Crippen molar-refractivity contribution < 1.29 is 24.3 Å². The lowest BCUT2D eigenvalue weighted by atomic mass is 10.0. The van der Waals surface area contributed by atoms with Crippen LogP contribution in [0.2, 0.25) is 0 Å². The molecule has 0 aliphatic carbocycles. The second-order valence-electron chi connectivity index (χ2n) is 7.11. The molecule has 0 heterocycles. The minimum atomic E-state index is -1.04. The molecule has 0 bridgehead atoms. The molecule has 0 aromatic heterocycles. The largest absolute Gasteiger partial charge is 0.481 e. The van der Waals surface area contributed by atoms with Gasteiger partial charge in [0.1, 0.15) is 12.3 Å². The van der Waals surface area contributed by atoms with Gasteiger partial charge in [-0.1, -0.05) is 27.7 Å². The van der Waals surface area contributed by atoms with Crippen molar-refractivity contribution in [3.05, 3.63) is 0 Å². The van der Waals surface area contributed by atoms with Crippen LogP contribution in [0.4, 0.5) is 0 Å². The van der Waals surface area contributed by atoms with Gasteiger partial charge >= 0.3 is 5.97 Å². The third-order valence-corrected chi connectivity index (χ3v) is 3.56. The van der Waals surface area contributed by atoms with Crippen LogP contribution < -0.4 is 16.4 Å². The van der Waals surface area contributed by atoms with E-state index in [4.69, 9.17) is 10.8 Å². The van der Waals surface area contributed by atoms with Gasteiger partial charge < -0.3 is 26.3 Å². The number of nitrogens with one attached hydrogen (secondary N) is 2. The molecule has 0 spiro atoms. The highest BCUT2D eigenvalue weighted by Gasteiger charge is 2.26. The molecule has 0 unspecified atom stereocenters. The standard InChI is InChI=1S/C17H31N3O5/c1-10(2)7-12(9-21)19-17(25)14(8-11(3)4)20-16(24)13(18)5-6-15(22)23/h9-14H,5-8,18H2,1-4H3,(H,19,25)(H,20,24)(H,22,23)/t12-,13-,14-/m0/s1. The summed E-state index contributed by atoms with van der Waals surface area (Å²) < 4.78 is 0. The van der Waals surface area contributed by atoms with Crippen LogP contribution in [0, 0.1) is 11.8 Å². The molecule has 144 valence electrons. The van der Waals surface area contributed by atoms with Gasteiger partial charge in [-0.25, -0.2) is 0 Å². The van der Waals surface area contributed by atoms with Gasteiger partial charge in [0.15, 0.2) is 0 Å². The van der Waals surface area contributed by atoms with E-state index in [0.29, 0.717) is 19.1 Å². The lowest BCUT2D eigenvalue weighted by Crippen LogP contribution is -2.54. The lowest BCUT2D eigenvalue weighted by molar-refractivity contribution is -0.137. The average Bonchev–Trinajstić information content (AvgIpc) is 2.49. The predicted octanol–water partition coefficient (Wildman–Crippen LogP) is 0.439. The van der Waals surface area contributed by atoms with Crippen LogP contribution in [0.1, 0.15) is 53.4 Å². The normalized spacial score (nSPS) is 14.7. The average molecular weight is 357 g/mol. The Morgan fingerprint density at radius 2 is 1.56 bits per heavy atom. The molecule has 0 aromatic rings. The van der Waals surface area contributed by atoms with E-state index < -0.39 is 35.9 Å². The molecule has 0 saturated carbocycles. The zero-order chi connectivity index (χ0) is 19.6. The topological polar surface area (TPSA) is 139 Å². The first-order valence-electron chi connectivity index (χ1n) is 8.60. The third kappa shape index (κ3) is 10.5. The molecule has 5 N–H and O–H groups in total. The first-order valence-corrected chi connectivity index (χ1v) is 8.60. The molecule has 0 saturated heterocycles. The predicted molar refractivity (Wildman–Crippen MR) is 93.7 cm³/mol. The van der Waals surface area contributed by atoms with Gasteiger partial charge in [-0.05, 0) is 31.1 Å². The summed E-state index contributed by atoms with van der Waals surface area (Å²) in [6, 6.07) is -2.44. The fourth-order valence-electron chi connectivity index (χ4n) is 2.33. The van der Waals surface area contributed by atoms with Crippen molar-refractivity contribution >= 4 is 24.1 Å². The Kier molecular flexibility index (Phi) is 10.7. The highest BCUT2D eigenvalue weighted by Crippen LogP contribution is 2.08. The van der Waals surface area contributed by atoms with E-state index >= 15 is 0 Å². The van der Waals surface area contributed by atoms with E-state index in [2.05, 4.69) is 10.6 Å². The van der Waals surface area contributed by atoms with Gasteiger partial charge in [-0.3, -0.25) is 14.4 Å². The highest BCUT2D eigenvalue weighted by molar-refractivity contribution is 5.90. The number of hydrogen-bond acceptors (Lipinski definition) is 5. The Hall–Kier alpha value is -1.96. The van der Waals surface area contributed by atoms with E-state index in [-0.39, 0.29) is 24.7 Å². The summed E-state index contributed by atoms with van der Waals surface area (Å²) in [4.78, 5) is 46.2. The van der Waals surface area contributed by atoms with E-state index in [1.807, 2.05) is 27.7 Å². The minimum absolute atomic E-state index is 0.0124. The molecule has 25 heavy (non-hydrogen) atoms. The van der Waals surface area contributed by atoms with Crippen molar-refractivity contribution in [2.24, 2.45) is 17.6 Å². The van der Waals surface area contributed by atoms with E-state index in [1.165, 1.54) is 0 Å². The zero-order valence-electron chi connectivity index (χ0n) is 15.5. The second kappa shape index (κ2) is 11.6. The van der Waals surface area contributed by atoms with E-state index in [9.17, 15) is 19.2 Å². The minimum Gasteiger partial charge on any atom is -0.481 e. The molecule has 0 aromatic carbocycles. The molecule has 2 amide bonds. The van der Waals surface area contributed by atoms with Crippen LogP contribution in [0.15, 0.2) is 0 Å².